The summed E-state index contributed by atoms with van der Waals surface area (Å²) >= 11 is 7.00. The lowest BCUT2D eigenvalue weighted by Crippen LogP contribution is -2.02. The van der Waals surface area contributed by atoms with Crippen LogP contribution in [0.4, 0.5) is 0 Å². The highest BCUT2D eigenvalue weighted by Crippen LogP contribution is 2.30. The van der Waals surface area contributed by atoms with Crippen molar-refractivity contribution < 1.29 is 9.90 Å². The fraction of sp³-hybridized carbons (Fsp3) is 0.111. The summed E-state index contributed by atoms with van der Waals surface area (Å²) in [4.78, 5) is 15.7. The molecule has 0 bridgehead atoms. The van der Waals surface area contributed by atoms with Gasteiger partial charge in [-0.1, -0.05) is 11.6 Å². The molecule has 0 saturated heterocycles. The zero-order valence-electron chi connectivity index (χ0n) is 13.8. The molecule has 26 heavy (non-hydrogen) atoms. The summed E-state index contributed by atoms with van der Waals surface area (Å²) in [7, 11) is 0. The van der Waals surface area contributed by atoms with Gasteiger partial charge in [0.05, 0.1) is 0 Å². The quantitative estimate of drug-likeness (QED) is 0.504. The Balaban J connectivity index is 1.95. The minimum atomic E-state index is -1.02. The summed E-state index contributed by atoms with van der Waals surface area (Å²) in [5.74, 6) is -0.356. The molecule has 0 aliphatic rings. The Morgan fingerprint density at radius 2 is 1.88 bits per heavy atom. The summed E-state index contributed by atoms with van der Waals surface area (Å²) in [5.41, 5.74) is 1.62. The number of thioether (sulfide) groups is 1. The van der Waals surface area contributed by atoms with Crippen molar-refractivity contribution in [1.82, 2.24) is 19.7 Å². The molecule has 2 aromatic heterocycles. The van der Waals surface area contributed by atoms with Gasteiger partial charge >= 0.3 is 5.97 Å². The number of carboxylic acid groups (broad SMARTS) is 1. The van der Waals surface area contributed by atoms with Crippen molar-refractivity contribution in [2.75, 3.05) is 0 Å². The first-order chi connectivity index (χ1) is 12.6. The maximum atomic E-state index is 11.6. The number of hydrogen-bond donors (Lipinski definition) is 1. The van der Waals surface area contributed by atoms with E-state index in [1.54, 1.807) is 42.7 Å². The van der Waals surface area contributed by atoms with E-state index in [1.165, 1.54) is 0 Å². The highest BCUT2D eigenvalue weighted by atomic mass is 35.5. The molecule has 0 amide bonds. The summed E-state index contributed by atoms with van der Waals surface area (Å²) < 4.78 is 1.87. The Bertz CT molecular complexity index is 940. The van der Waals surface area contributed by atoms with Gasteiger partial charge in [-0.2, -0.15) is 0 Å². The van der Waals surface area contributed by atoms with E-state index in [0.717, 1.165) is 22.9 Å². The van der Waals surface area contributed by atoms with Gasteiger partial charge in [0.1, 0.15) is 4.91 Å². The monoisotopic (exact) mass is 386 g/mol. The number of nitrogens with zero attached hydrogens (tertiary/aromatic N) is 4. The minimum Gasteiger partial charge on any atom is -0.477 e. The largest absolute Gasteiger partial charge is 0.477 e. The van der Waals surface area contributed by atoms with Crippen LogP contribution in [0.5, 0.6) is 0 Å². The predicted octanol–water partition coefficient (Wildman–Crippen LogP) is 4.23. The van der Waals surface area contributed by atoms with Gasteiger partial charge in [0.25, 0.3) is 0 Å². The van der Waals surface area contributed by atoms with Gasteiger partial charge in [0.15, 0.2) is 11.0 Å². The Hall–Kier alpha value is -2.64. The Morgan fingerprint density at radius 1 is 1.19 bits per heavy atom. The molecular formula is C18H15ClN4O2S. The predicted molar refractivity (Wildman–Crippen MR) is 102 cm³/mol. The molecular weight excluding hydrogens is 372 g/mol. The summed E-state index contributed by atoms with van der Waals surface area (Å²) in [6, 6.07) is 10.8. The maximum absolute atomic E-state index is 11.6. The lowest BCUT2D eigenvalue weighted by molar-refractivity contribution is -0.131. The van der Waals surface area contributed by atoms with Crippen molar-refractivity contribution in [3.8, 4) is 11.4 Å². The van der Waals surface area contributed by atoms with E-state index >= 15 is 0 Å². The fourth-order valence-corrected chi connectivity index (χ4v) is 3.32. The van der Waals surface area contributed by atoms with E-state index in [9.17, 15) is 9.90 Å². The minimum absolute atomic E-state index is 0.154. The number of hydrogen-bond acceptors (Lipinski definition) is 5. The molecule has 2 heterocycles. The Morgan fingerprint density at radius 3 is 2.50 bits per heavy atom. The SMILES string of the molecule is CCn1c(S/C(=C\c2ccncc2)C(=O)O)nnc1-c1ccc(Cl)cc1. The number of rotatable bonds is 6. The Labute approximate surface area is 159 Å². The van der Waals surface area contributed by atoms with Gasteiger partial charge in [-0.05, 0) is 66.7 Å². The second kappa shape index (κ2) is 8.16. The average Bonchev–Trinajstić information content (AvgIpc) is 3.05. The molecule has 1 aromatic carbocycles. The van der Waals surface area contributed by atoms with E-state index < -0.39 is 5.97 Å². The lowest BCUT2D eigenvalue weighted by Gasteiger charge is -2.08. The second-order valence-electron chi connectivity index (χ2n) is 5.25. The molecule has 0 spiro atoms. The Kier molecular flexibility index (Phi) is 5.70. The molecule has 0 aliphatic carbocycles. The highest BCUT2D eigenvalue weighted by Gasteiger charge is 2.18. The number of carboxylic acids is 1. The third kappa shape index (κ3) is 4.12. The van der Waals surface area contributed by atoms with Gasteiger partial charge in [-0.25, -0.2) is 4.79 Å². The van der Waals surface area contributed by atoms with Gasteiger partial charge in [-0.3, -0.25) is 4.98 Å². The van der Waals surface area contributed by atoms with Crippen LogP contribution in [0.25, 0.3) is 17.5 Å². The molecule has 3 aromatic rings. The first-order valence-corrected chi connectivity index (χ1v) is 9.00. The fourth-order valence-electron chi connectivity index (χ4n) is 2.31. The van der Waals surface area contributed by atoms with Gasteiger partial charge in [0, 0.05) is 29.5 Å². The van der Waals surface area contributed by atoms with Gasteiger partial charge < -0.3 is 9.67 Å². The van der Waals surface area contributed by atoms with Crippen LogP contribution in [0.2, 0.25) is 5.02 Å². The summed E-state index contributed by atoms with van der Waals surface area (Å²) in [6.45, 7) is 2.56. The maximum Gasteiger partial charge on any atom is 0.342 e. The molecule has 0 saturated carbocycles. The number of halogens is 1. The van der Waals surface area contributed by atoms with Gasteiger partial charge in [0.2, 0.25) is 0 Å². The van der Waals surface area contributed by atoms with E-state index in [0.29, 0.717) is 22.5 Å². The van der Waals surface area contributed by atoms with Gasteiger partial charge in [-0.15, -0.1) is 10.2 Å². The van der Waals surface area contributed by atoms with Crippen LogP contribution >= 0.6 is 23.4 Å². The molecule has 0 radical (unpaired) electrons. The molecule has 6 nitrogen and oxygen atoms in total. The molecule has 0 unspecified atom stereocenters. The van der Waals surface area contributed by atoms with Crippen molar-refractivity contribution in [2.45, 2.75) is 18.6 Å². The highest BCUT2D eigenvalue weighted by molar-refractivity contribution is 8.04. The van der Waals surface area contributed by atoms with E-state index in [-0.39, 0.29) is 4.91 Å². The van der Waals surface area contributed by atoms with E-state index in [1.807, 2.05) is 23.6 Å². The molecule has 132 valence electrons. The average molecular weight is 387 g/mol. The van der Waals surface area contributed by atoms with Crippen molar-refractivity contribution in [3.05, 3.63) is 64.3 Å². The van der Waals surface area contributed by atoms with Crippen LogP contribution < -0.4 is 0 Å². The lowest BCUT2D eigenvalue weighted by atomic mass is 10.2. The number of aromatic nitrogens is 4. The van der Waals surface area contributed by atoms with Crippen LogP contribution in [-0.2, 0) is 11.3 Å². The third-order valence-corrected chi connectivity index (χ3v) is 4.80. The van der Waals surface area contributed by atoms with Crippen LogP contribution in [0.1, 0.15) is 12.5 Å². The number of benzene rings is 1. The number of carbonyl (C=O) groups is 1. The molecule has 0 aliphatic heterocycles. The van der Waals surface area contributed by atoms with Crippen molar-refractivity contribution in [3.63, 3.8) is 0 Å². The molecule has 0 fully saturated rings. The molecule has 0 atom stereocenters. The van der Waals surface area contributed by atoms with Crippen molar-refractivity contribution in [1.29, 1.82) is 0 Å². The van der Waals surface area contributed by atoms with Crippen molar-refractivity contribution >= 4 is 35.4 Å². The van der Waals surface area contributed by atoms with E-state index in [2.05, 4.69) is 15.2 Å². The molecule has 8 heteroatoms. The van der Waals surface area contributed by atoms with Crippen LogP contribution in [0, 0.1) is 0 Å². The summed E-state index contributed by atoms with van der Waals surface area (Å²) in [6.07, 6.45) is 4.82. The second-order valence-corrected chi connectivity index (χ2v) is 6.70. The first kappa shape index (κ1) is 18.2. The summed E-state index contributed by atoms with van der Waals surface area (Å²) in [5, 5.41) is 19.1. The first-order valence-electron chi connectivity index (χ1n) is 7.80. The zero-order valence-corrected chi connectivity index (χ0v) is 15.4. The number of aliphatic carboxylic acids is 1. The molecule has 3 rings (SSSR count). The van der Waals surface area contributed by atoms with Crippen LogP contribution in [0.15, 0.2) is 58.9 Å². The molecule has 1 N–H and O–H groups in total. The van der Waals surface area contributed by atoms with Crippen molar-refractivity contribution in [2.24, 2.45) is 0 Å². The smallest absolute Gasteiger partial charge is 0.342 e. The number of pyridine rings is 1. The topological polar surface area (TPSA) is 80.9 Å². The van der Waals surface area contributed by atoms with Crippen LogP contribution in [0.3, 0.4) is 0 Å². The standard InChI is InChI=1S/C18H15ClN4O2S/c1-2-23-16(13-3-5-14(19)6-4-13)21-22-18(23)26-15(17(24)25)11-12-7-9-20-10-8-12/h3-11H,2H2,1H3,(H,24,25)/b15-11-. The van der Waals surface area contributed by atoms with Crippen LogP contribution in [-0.4, -0.2) is 30.8 Å². The third-order valence-electron chi connectivity index (χ3n) is 3.55. The van der Waals surface area contributed by atoms with E-state index in [4.69, 9.17) is 11.6 Å². The zero-order chi connectivity index (χ0) is 18.5. The normalized spacial score (nSPS) is 11.5.